The standard InChI is InChI=1S/C24H35N3O3/c1-7-21-20(13-18-9-8-10-19(12-18)30-6)24(29)26-22(25-21)15-27(14-17(4)5)23(28)11-16(2)3/h8-10,12,16-17H,7,11,13-15H2,1-6H3,(H,25,26,29). The molecule has 1 heterocycles. The molecule has 164 valence electrons. The summed E-state index contributed by atoms with van der Waals surface area (Å²) >= 11 is 0. The number of ether oxygens (including phenoxy) is 1. The Morgan fingerprint density at radius 3 is 2.53 bits per heavy atom. The predicted molar refractivity (Wildman–Crippen MR) is 120 cm³/mol. The van der Waals surface area contributed by atoms with Crippen molar-refractivity contribution in [3.8, 4) is 5.75 Å². The number of carbonyl (C=O) groups excluding carboxylic acids is 1. The summed E-state index contributed by atoms with van der Waals surface area (Å²) in [7, 11) is 1.63. The second-order valence-corrected chi connectivity index (χ2v) is 8.59. The molecule has 0 aliphatic carbocycles. The molecular weight excluding hydrogens is 378 g/mol. The minimum atomic E-state index is -0.138. The fraction of sp³-hybridized carbons (Fsp3) is 0.542. The van der Waals surface area contributed by atoms with Crippen LogP contribution in [0, 0.1) is 11.8 Å². The summed E-state index contributed by atoms with van der Waals surface area (Å²) in [5.74, 6) is 2.03. The van der Waals surface area contributed by atoms with E-state index in [0.29, 0.717) is 49.7 Å². The molecule has 30 heavy (non-hydrogen) atoms. The van der Waals surface area contributed by atoms with Gasteiger partial charge in [0.25, 0.3) is 5.56 Å². The first-order chi connectivity index (χ1) is 14.2. The van der Waals surface area contributed by atoms with Crippen molar-refractivity contribution >= 4 is 5.91 Å². The summed E-state index contributed by atoms with van der Waals surface area (Å²) in [4.78, 5) is 35.0. The molecule has 0 radical (unpaired) electrons. The number of nitrogens with one attached hydrogen (secondary N) is 1. The number of aromatic amines is 1. The Labute approximate surface area is 179 Å². The van der Waals surface area contributed by atoms with Crippen molar-refractivity contribution in [3.63, 3.8) is 0 Å². The van der Waals surface area contributed by atoms with E-state index in [1.807, 2.05) is 49.9 Å². The monoisotopic (exact) mass is 413 g/mol. The number of rotatable bonds is 10. The lowest BCUT2D eigenvalue weighted by molar-refractivity contribution is -0.133. The zero-order chi connectivity index (χ0) is 22.3. The number of hydrogen-bond acceptors (Lipinski definition) is 4. The van der Waals surface area contributed by atoms with Gasteiger partial charge in [0.2, 0.25) is 5.91 Å². The molecule has 1 aromatic carbocycles. The van der Waals surface area contributed by atoms with E-state index >= 15 is 0 Å². The van der Waals surface area contributed by atoms with Gasteiger partial charge in [0, 0.05) is 24.9 Å². The van der Waals surface area contributed by atoms with Gasteiger partial charge in [0.15, 0.2) is 0 Å². The van der Waals surface area contributed by atoms with Gasteiger partial charge in [0.1, 0.15) is 11.6 Å². The van der Waals surface area contributed by atoms with E-state index in [1.165, 1.54) is 0 Å². The number of H-pyrrole nitrogens is 1. The fourth-order valence-corrected chi connectivity index (χ4v) is 3.49. The first-order valence-electron chi connectivity index (χ1n) is 10.7. The van der Waals surface area contributed by atoms with Crippen LogP contribution in [-0.2, 0) is 24.2 Å². The van der Waals surface area contributed by atoms with Crippen LogP contribution in [0.1, 0.15) is 63.7 Å². The van der Waals surface area contributed by atoms with Crippen LogP contribution < -0.4 is 10.3 Å². The summed E-state index contributed by atoms with van der Waals surface area (Å²) in [6, 6.07) is 7.71. The van der Waals surface area contributed by atoms with Crippen LogP contribution in [-0.4, -0.2) is 34.4 Å². The van der Waals surface area contributed by atoms with Crippen molar-refractivity contribution in [2.75, 3.05) is 13.7 Å². The molecule has 2 aromatic rings. The molecular formula is C24H35N3O3. The topological polar surface area (TPSA) is 75.3 Å². The van der Waals surface area contributed by atoms with E-state index in [9.17, 15) is 9.59 Å². The minimum absolute atomic E-state index is 0.0971. The molecule has 0 bridgehead atoms. The number of benzene rings is 1. The van der Waals surface area contributed by atoms with Gasteiger partial charge in [-0.2, -0.15) is 0 Å². The van der Waals surface area contributed by atoms with Gasteiger partial charge in [-0.1, -0.05) is 46.8 Å². The van der Waals surface area contributed by atoms with E-state index in [0.717, 1.165) is 17.0 Å². The van der Waals surface area contributed by atoms with E-state index in [2.05, 4.69) is 18.8 Å². The van der Waals surface area contributed by atoms with Gasteiger partial charge >= 0.3 is 0 Å². The van der Waals surface area contributed by atoms with E-state index in [4.69, 9.17) is 9.72 Å². The number of amides is 1. The highest BCUT2D eigenvalue weighted by Gasteiger charge is 2.19. The third-order valence-electron chi connectivity index (χ3n) is 4.86. The van der Waals surface area contributed by atoms with E-state index < -0.39 is 0 Å². The quantitative estimate of drug-likeness (QED) is 0.640. The normalized spacial score (nSPS) is 11.2. The van der Waals surface area contributed by atoms with Gasteiger partial charge in [0.05, 0.1) is 19.3 Å². The molecule has 0 saturated carbocycles. The lowest BCUT2D eigenvalue weighted by Gasteiger charge is -2.25. The van der Waals surface area contributed by atoms with E-state index in [1.54, 1.807) is 7.11 Å². The van der Waals surface area contributed by atoms with Crippen LogP contribution in [0.2, 0.25) is 0 Å². The van der Waals surface area contributed by atoms with Crippen LogP contribution >= 0.6 is 0 Å². The third kappa shape index (κ3) is 6.71. The molecule has 0 spiro atoms. The Balaban J connectivity index is 2.30. The molecule has 2 rings (SSSR count). The van der Waals surface area contributed by atoms with E-state index in [-0.39, 0.29) is 17.4 Å². The van der Waals surface area contributed by atoms with Crippen LogP contribution in [0.25, 0.3) is 0 Å². The van der Waals surface area contributed by atoms with Crippen molar-refractivity contribution in [1.82, 2.24) is 14.9 Å². The second kappa shape index (κ2) is 11.0. The molecule has 1 amide bonds. The third-order valence-corrected chi connectivity index (χ3v) is 4.86. The fourth-order valence-electron chi connectivity index (χ4n) is 3.49. The molecule has 0 unspecified atom stereocenters. The lowest BCUT2D eigenvalue weighted by Crippen LogP contribution is -2.36. The molecule has 6 nitrogen and oxygen atoms in total. The lowest BCUT2D eigenvalue weighted by atomic mass is 10.0. The van der Waals surface area contributed by atoms with Crippen LogP contribution in [0.5, 0.6) is 5.75 Å². The Kier molecular flexibility index (Phi) is 8.63. The first-order valence-corrected chi connectivity index (χ1v) is 10.7. The van der Waals surface area contributed by atoms with Crippen LogP contribution in [0.4, 0.5) is 0 Å². The molecule has 0 atom stereocenters. The Bertz CT molecular complexity index is 903. The maximum Gasteiger partial charge on any atom is 0.254 e. The minimum Gasteiger partial charge on any atom is -0.497 e. The van der Waals surface area contributed by atoms with Gasteiger partial charge in [-0.25, -0.2) is 4.98 Å². The highest BCUT2D eigenvalue weighted by atomic mass is 16.5. The number of nitrogens with zero attached hydrogens (tertiary/aromatic N) is 2. The van der Waals surface area contributed by atoms with Crippen LogP contribution in [0.3, 0.4) is 0 Å². The average Bonchev–Trinajstić information content (AvgIpc) is 2.68. The predicted octanol–water partition coefficient (Wildman–Crippen LogP) is 3.96. The molecule has 0 aliphatic heterocycles. The SMILES string of the molecule is CCc1nc(CN(CC(C)C)C(=O)CC(C)C)[nH]c(=O)c1Cc1cccc(OC)c1. The summed E-state index contributed by atoms with van der Waals surface area (Å²) in [6.07, 6.45) is 1.64. The smallest absolute Gasteiger partial charge is 0.254 e. The maximum atomic E-state index is 12.9. The van der Waals surface area contributed by atoms with Gasteiger partial charge < -0.3 is 14.6 Å². The zero-order valence-electron chi connectivity index (χ0n) is 19.1. The van der Waals surface area contributed by atoms with Crippen molar-refractivity contribution in [2.45, 2.75) is 60.4 Å². The zero-order valence-corrected chi connectivity index (χ0v) is 19.1. The largest absolute Gasteiger partial charge is 0.497 e. The Morgan fingerprint density at radius 2 is 1.93 bits per heavy atom. The summed E-state index contributed by atoms with van der Waals surface area (Å²) in [5.41, 5.74) is 2.30. The van der Waals surface area contributed by atoms with Crippen molar-refractivity contribution in [3.05, 3.63) is 57.3 Å². The first kappa shape index (κ1) is 23.6. The Hall–Kier alpha value is -2.63. The van der Waals surface area contributed by atoms with Gasteiger partial charge in [-0.15, -0.1) is 0 Å². The maximum absolute atomic E-state index is 12.9. The van der Waals surface area contributed by atoms with Gasteiger partial charge in [-0.3, -0.25) is 9.59 Å². The summed E-state index contributed by atoms with van der Waals surface area (Å²) < 4.78 is 5.28. The molecule has 0 aliphatic rings. The highest BCUT2D eigenvalue weighted by molar-refractivity contribution is 5.76. The number of aryl methyl sites for hydroxylation is 1. The molecule has 0 saturated heterocycles. The highest BCUT2D eigenvalue weighted by Crippen LogP contribution is 2.17. The van der Waals surface area contributed by atoms with Crippen molar-refractivity contribution in [1.29, 1.82) is 0 Å². The number of carbonyl (C=O) groups is 1. The second-order valence-electron chi connectivity index (χ2n) is 8.59. The average molecular weight is 414 g/mol. The molecule has 0 fully saturated rings. The van der Waals surface area contributed by atoms with Gasteiger partial charge in [-0.05, 0) is 36.0 Å². The summed E-state index contributed by atoms with van der Waals surface area (Å²) in [6.45, 7) is 11.2. The molecule has 6 heteroatoms. The van der Waals surface area contributed by atoms with Crippen LogP contribution in [0.15, 0.2) is 29.1 Å². The number of hydrogen-bond donors (Lipinski definition) is 1. The molecule has 1 aromatic heterocycles. The van der Waals surface area contributed by atoms with Crippen molar-refractivity contribution < 1.29 is 9.53 Å². The number of aromatic nitrogens is 2. The molecule has 1 N–H and O–H groups in total. The van der Waals surface area contributed by atoms with Crippen molar-refractivity contribution in [2.24, 2.45) is 11.8 Å². The summed E-state index contributed by atoms with van der Waals surface area (Å²) in [5, 5.41) is 0. The number of methoxy groups -OCH3 is 1. The Morgan fingerprint density at radius 1 is 1.20 bits per heavy atom.